The van der Waals surface area contributed by atoms with Crippen LogP contribution in [0.4, 0.5) is 4.79 Å². The van der Waals surface area contributed by atoms with Gasteiger partial charge in [-0.15, -0.1) is 11.3 Å². The monoisotopic (exact) mass is 290 g/mol. The van der Waals surface area contributed by atoms with Gasteiger partial charge in [-0.25, -0.2) is 4.79 Å². The highest BCUT2D eigenvalue weighted by Gasteiger charge is 2.12. The van der Waals surface area contributed by atoms with E-state index in [2.05, 4.69) is 10.6 Å². The number of carbonyl (C=O) groups is 1. The number of aliphatic hydroxyl groups is 1. The van der Waals surface area contributed by atoms with Crippen LogP contribution in [0.1, 0.15) is 22.1 Å². The second kappa shape index (κ2) is 7.07. The minimum atomic E-state index is -0.655. The number of hydrogen-bond donors (Lipinski definition) is 3. The molecule has 2 rings (SSSR count). The Bertz CT molecular complexity index is 554. The third-order valence-corrected chi connectivity index (χ3v) is 4.08. The molecule has 5 heteroatoms. The summed E-state index contributed by atoms with van der Waals surface area (Å²) in [6.45, 7) is 2.63. The number of urea groups is 1. The number of aryl methyl sites for hydroxylation is 1. The van der Waals surface area contributed by atoms with Crippen molar-refractivity contribution in [2.75, 3.05) is 6.54 Å². The van der Waals surface area contributed by atoms with Gasteiger partial charge in [-0.05, 0) is 29.5 Å². The first kappa shape index (κ1) is 14.6. The molecule has 0 aliphatic rings. The Labute approximate surface area is 122 Å². The van der Waals surface area contributed by atoms with Gasteiger partial charge in [0.05, 0.1) is 6.54 Å². The molecule has 3 N–H and O–H groups in total. The SMILES string of the molecule is Cc1ccsc1[C@H](O)CNC(=O)NCc1ccccc1. The van der Waals surface area contributed by atoms with Crippen LogP contribution in [-0.2, 0) is 6.54 Å². The van der Waals surface area contributed by atoms with Crippen molar-refractivity contribution in [2.24, 2.45) is 0 Å². The maximum Gasteiger partial charge on any atom is 0.315 e. The molecule has 1 heterocycles. The van der Waals surface area contributed by atoms with Gasteiger partial charge in [0.15, 0.2) is 0 Å². The molecule has 1 aromatic carbocycles. The molecule has 20 heavy (non-hydrogen) atoms. The average molecular weight is 290 g/mol. The Morgan fingerprint density at radius 1 is 1.25 bits per heavy atom. The van der Waals surface area contributed by atoms with Gasteiger partial charge in [0, 0.05) is 11.4 Å². The third kappa shape index (κ3) is 4.08. The molecular weight excluding hydrogens is 272 g/mol. The van der Waals surface area contributed by atoms with E-state index in [0.29, 0.717) is 6.54 Å². The van der Waals surface area contributed by atoms with Crippen molar-refractivity contribution in [2.45, 2.75) is 19.6 Å². The fourth-order valence-electron chi connectivity index (χ4n) is 1.85. The largest absolute Gasteiger partial charge is 0.386 e. The molecule has 2 aromatic rings. The first-order valence-electron chi connectivity index (χ1n) is 6.44. The molecule has 1 atom stereocenters. The number of amides is 2. The van der Waals surface area contributed by atoms with Crippen LogP contribution < -0.4 is 10.6 Å². The lowest BCUT2D eigenvalue weighted by molar-refractivity contribution is 0.176. The molecule has 106 valence electrons. The van der Waals surface area contributed by atoms with E-state index in [4.69, 9.17) is 0 Å². The standard InChI is InChI=1S/C15H18N2O2S/c1-11-7-8-20-14(11)13(18)10-17-15(19)16-9-12-5-3-2-4-6-12/h2-8,13,18H,9-10H2,1H3,(H2,16,17,19)/t13-/m1/s1. The molecule has 0 fully saturated rings. The normalized spacial score (nSPS) is 11.9. The highest BCUT2D eigenvalue weighted by atomic mass is 32.1. The van der Waals surface area contributed by atoms with E-state index in [1.165, 1.54) is 11.3 Å². The van der Waals surface area contributed by atoms with Gasteiger partial charge in [0.25, 0.3) is 0 Å². The number of hydrogen-bond acceptors (Lipinski definition) is 3. The van der Waals surface area contributed by atoms with Gasteiger partial charge < -0.3 is 15.7 Å². The lowest BCUT2D eigenvalue weighted by Crippen LogP contribution is -2.37. The maximum absolute atomic E-state index is 11.6. The molecule has 0 aliphatic heterocycles. The number of benzene rings is 1. The highest BCUT2D eigenvalue weighted by Crippen LogP contribution is 2.22. The van der Waals surface area contributed by atoms with E-state index < -0.39 is 6.10 Å². The van der Waals surface area contributed by atoms with Crippen molar-refractivity contribution in [1.29, 1.82) is 0 Å². The molecule has 0 bridgehead atoms. The van der Waals surface area contributed by atoms with Crippen molar-refractivity contribution in [3.05, 3.63) is 57.8 Å². The number of aliphatic hydroxyl groups excluding tert-OH is 1. The Hall–Kier alpha value is -1.85. The zero-order chi connectivity index (χ0) is 14.4. The molecule has 2 amide bonds. The average Bonchev–Trinajstić information content (AvgIpc) is 2.90. The quantitative estimate of drug-likeness (QED) is 0.792. The van der Waals surface area contributed by atoms with Crippen LogP contribution in [0, 0.1) is 6.92 Å². The first-order valence-corrected chi connectivity index (χ1v) is 7.32. The van der Waals surface area contributed by atoms with Gasteiger partial charge in [-0.2, -0.15) is 0 Å². The second-order valence-corrected chi connectivity index (χ2v) is 5.48. The summed E-state index contributed by atoms with van der Waals surface area (Å²) in [5.41, 5.74) is 2.09. The third-order valence-electron chi connectivity index (χ3n) is 2.96. The van der Waals surface area contributed by atoms with Crippen molar-refractivity contribution < 1.29 is 9.90 Å². The lowest BCUT2D eigenvalue weighted by atomic mass is 10.2. The van der Waals surface area contributed by atoms with Gasteiger partial charge in [-0.3, -0.25) is 0 Å². The summed E-state index contributed by atoms with van der Waals surface area (Å²) in [6, 6.07) is 11.4. The molecule has 0 aliphatic carbocycles. The van der Waals surface area contributed by atoms with Crippen molar-refractivity contribution in [3.63, 3.8) is 0 Å². The topological polar surface area (TPSA) is 61.4 Å². The minimum absolute atomic E-state index is 0.210. The summed E-state index contributed by atoms with van der Waals surface area (Å²) < 4.78 is 0. The van der Waals surface area contributed by atoms with E-state index in [-0.39, 0.29) is 12.6 Å². The molecule has 0 unspecified atom stereocenters. The van der Waals surface area contributed by atoms with E-state index in [1.54, 1.807) is 0 Å². The minimum Gasteiger partial charge on any atom is -0.386 e. The van der Waals surface area contributed by atoms with E-state index >= 15 is 0 Å². The number of nitrogens with one attached hydrogen (secondary N) is 2. The van der Waals surface area contributed by atoms with Gasteiger partial charge in [0.1, 0.15) is 6.10 Å². The lowest BCUT2D eigenvalue weighted by Gasteiger charge is -2.12. The fraction of sp³-hybridized carbons (Fsp3) is 0.267. The summed E-state index contributed by atoms with van der Waals surface area (Å²) in [5, 5.41) is 17.4. The van der Waals surface area contributed by atoms with Crippen molar-refractivity contribution >= 4 is 17.4 Å². The van der Waals surface area contributed by atoms with Crippen LogP contribution in [0.25, 0.3) is 0 Å². The van der Waals surface area contributed by atoms with E-state index in [1.807, 2.05) is 48.7 Å². The van der Waals surface area contributed by atoms with Gasteiger partial charge >= 0.3 is 6.03 Å². The molecule has 1 aromatic heterocycles. The summed E-state index contributed by atoms with van der Waals surface area (Å²) in [6.07, 6.45) is -0.655. The molecular formula is C15H18N2O2S. The van der Waals surface area contributed by atoms with Crippen LogP contribution in [-0.4, -0.2) is 17.7 Å². The van der Waals surface area contributed by atoms with E-state index in [0.717, 1.165) is 16.0 Å². The summed E-state index contributed by atoms with van der Waals surface area (Å²) in [7, 11) is 0. The van der Waals surface area contributed by atoms with Gasteiger partial charge in [-0.1, -0.05) is 30.3 Å². The van der Waals surface area contributed by atoms with Crippen LogP contribution >= 0.6 is 11.3 Å². The first-order chi connectivity index (χ1) is 9.66. The van der Waals surface area contributed by atoms with Crippen molar-refractivity contribution in [3.8, 4) is 0 Å². The second-order valence-electron chi connectivity index (χ2n) is 4.53. The number of thiophene rings is 1. The van der Waals surface area contributed by atoms with Crippen LogP contribution in [0.2, 0.25) is 0 Å². The Balaban J connectivity index is 1.74. The Kier molecular flexibility index (Phi) is 5.15. The number of carbonyl (C=O) groups excluding carboxylic acids is 1. The number of rotatable bonds is 5. The van der Waals surface area contributed by atoms with Crippen LogP contribution in [0.15, 0.2) is 41.8 Å². The molecule has 0 saturated carbocycles. The van der Waals surface area contributed by atoms with Crippen LogP contribution in [0.3, 0.4) is 0 Å². The van der Waals surface area contributed by atoms with E-state index in [9.17, 15) is 9.90 Å². The predicted molar refractivity (Wildman–Crippen MR) is 80.7 cm³/mol. The Morgan fingerprint density at radius 3 is 2.65 bits per heavy atom. The fourth-order valence-corrected chi connectivity index (χ4v) is 2.76. The smallest absolute Gasteiger partial charge is 0.315 e. The summed E-state index contributed by atoms with van der Waals surface area (Å²) >= 11 is 1.50. The summed E-state index contributed by atoms with van der Waals surface area (Å²) in [4.78, 5) is 12.5. The zero-order valence-corrected chi connectivity index (χ0v) is 12.1. The maximum atomic E-state index is 11.6. The zero-order valence-electron chi connectivity index (χ0n) is 11.3. The van der Waals surface area contributed by atoms with Crippen molar-refractivity contribution in [1.82, 2.24) is 10.6 Å². The molecule has 0 saturated heterocycles. The van der Waals surface area contributed by atoms with Gasteiger partial charge in [0.2, 0.25) is 0 Å². The summed E-state index contributed by atoms with van der Waals surface area (Å²) in [5.74, 6) is 0. The molecule has 4 nitrogen and oxygen atoms in total. The van der Waals surface area contributed by atoms with Crippen LogP contribution in [0.5, 0.6) is 0 Å². The molecule has 0 spiro atoms. The predicted octanol–water partition coefficient (Wildman–Crippen LogP) is 2.59. The highest BCUT2D eigenvalue weighted by molar-refractivity contribution is 7.10. The Morgan fingerprint density at radius 2 is 2.00 bits per heavy atom. The molecule has 0 radical (unpaired) electrons.